The maximum atomic E-state index is 12.4. The van der Waals surface area contributed by atoms with Gasteiger partial charge in [-0.2, -0.15) is 0 Å². The smallest absolute Gasteiger partial charge is 0.251 e. The molecule has 0 unspecified atom stereocenters. The van der Waals surface area contributed by atoms with Crippen LogP contribution in [0.4, 0.5) is 0 Å². The quantitative estimate of drug-likeness (QED) is 0.622. The van der Waals surface area contributed by atoms with Crippen LogP contribution in [0.3, 0.4) is 0 Å². The zero-order valence-electron chi connectivity index (χ0n) is 16.6. The second kappa shape index (κ2) is 9.60. The molecule has 0 aliphatic carbocycles. The Kier molecular flexibility index (Phi) is 6.46. The lowest BCUT2D eigenvalue weighted by Gasteiger charge is -2.36. The van der Waals surface area contributed by atoms with Crippen LogP contribution >= 0.6 is 0 Å². The fraction of sp³-hybridized carbons (Fsp3) is 0.364. The van der Waals surface area contributed by atoms with Crippen molar-refractivity contribution in [2.75, 3.05) is 6.61 Å². The second-order valence-electron chi connectivity index (χ2n) is 7.37. The molecule has 3 heterocycles. The molecule has 2 aromatic heterocycles. The summed E-state index contributed by atoms with van der Waals surface area (Å²) in [6, 6.07) is 14.5. The maximum Gasteiger partial charge on any atom is 0.251 e. The van der Waals surface area contributed by atoms with Crippen LogP contribution in [0.5, 0.6) is 0 Å². The van der Waals surface area contributed by atoms with E-state index in [-0.39, 0.29) is 24.7 Å². The minimum Gasteiger partial charge on any atom is -0.394 e. The van der Waals surface area contributed by atoms with E-state index in [2.05, 4.69) is 20.6 Å². The van der Waals surface area contributed by atoms with E-state index in [0.29, 0.717) is 12.1 Å². The molecule has 4 rings (SSSR count). The largest absolute Gasteiger partial charge is 0.394 e. The SMILES string of the molecule is O=C(N[C@H]1CC[C@@H](CCn2cc(-c3ccccn3)nn2)O[C@H]1CO)c1ccccc1. The standard InChI is InChI=1S/C22H25N5O3/c28-15-21-19(24-22(29)16-6-2-1-3-7-16)10-9-17(30-21)11-13-27-14-20(25-26-27)18-8-4-5-12-23-18/h1-8,12,14,17,19,21,28H,9-11,13,15H2,(H,24,29)/t17-,19-,21-/m0/s1. The van der Waals surface area contributed by atoms with Gasteiger partial charge in [0.05, 0.1) is 30.6 Å². The van der Waals surface area contributed by atoms with Gasteiger partial charge in [0, 0.05) is 18.3 Å². The van der Waals surface area contributed by atoms with Gasteiger partial charge in [0.1, 0.15) is 11.8 Å². The van der Waals surface area contributed by atoms with Gasteiger partial charge in [0.25, 0.3) is 5.91 Å². The first-order valence-electron chi connectivity index (χ1n) is 10.2. The number of pyridine rings is 1. The number of hydrogen-bond donors (Lipinski definition) is 2. The molecule has 1 saturated heterocycles. The maximum absolute atomic E-state index is 12.4. The van der Waals surface area contributed by atoms with E-state index in [1.54, 1.807) is 23.0 Å². The number of benzene rings is 1. The van der Waals surface area contributed by atoms with Crippen LogP contribution in [0.25, 0.3) is 11.4 Å². The minimum atomic E-state index is -0.420. The number of aliphatic hydroxyl groups is 1. The molecule has 1 aliphatic rings. The van der Waals surface area contributed by atoms with Crippen molar-refractivity contribution in [3.05, 3.63) is 66.5 Å². The topological polar surface area (TPSA) is 102 Å². The Bertz CT molecular complexity index is 948. The first kappa shape index (κ1) is 20.2. The van der Waals surface area contributed by atoms with Crippen LogP contribution in [0.2, 0.25) is 0 Å². The number of aromatic nitrogens is 4. The van der Waals surface area contributed by atoms with E-state index < -0.39 is 6.10 Å². The Morgan fingerprint density at radius 2 is 1.97 bits per heavy atom. The van der Waals surface area contributed by atoms with Gasteiger partial charge in [-0.1, -0.05) is 29.5 Å². The summed E-state index contributed by atoms with van der Waals surface area (Å²) < 4.78 is 7.84. The van der Waals surface area contributed by atoms with Crippen molar-refractivity contribution >= 4 is 5.91 Å². The second-order valence-corrected chi connectivity index (χ2v) is 7.37. The van der Waals surface area contributed by atoms with Crippen molar-refractivity contribution in [1.29, 1.82) is 0 Å². The Morgan fingerprint density at radius 1 is 1.13 bits per heavy atom. The van der Waals surface area contributed by atoms with Crippen molar-refractivity contribution < 1.29 is 14.6 Å². The van der Waals surface area contributed by atoms with Crippen molar-refractivity contribution in [1.82, 2.24) is 25.3 Å². The van der Waals surface area contributed by atoms with Crippen LogP contribution in [0.1, 0.15) is 29.6 Å². The summed E-state index contributed by atoms with van der Waals surface area (Å²) in [5, 5.41) is 21.1. The van der Waals surface area contributed by atoms with Gasteiger partial charge in [0.15, 0.2) is 0 Å². The first-order chi connectivity index (χ1) is 14.7. The number of carbonyl (C=O) groups is 1. The predicted octanol–water partition coefficient (Wildman–Crippen LogP) is 2.07. The highest BCUT2D eigenvalue weighted by Gasteiger charge is 2.32. The van der Waals surface area contributed by atoms with Crippen molar-refractivity contribution in [2.45, 2.75) is 44.1 Å². The molecule has 1 aromatic carbocycles. The summed E-state index contributed by atoms with van der Waals surface area (Å²) in [5.41, 5.74) is 2.12. The first-order valence-corrected chi connectivity index (χ1v) is 10.2. The average Bonchev–Trinajstić information content (AvgIpc) is 3.28. The molecule has 30 heavy (non-hydrogen) atoms. The fourth-order valence-corrected chi connectivity index (χ4v) is 3.67. The molecular formula is C22H25N5O3. The van der Waals surface area contributed by atoms with E-state index in [1.807, 2.05) is 42.6 Å². The Balaban J connectivity index is 1.29. The summed E-state index contributed by atoms with van der Waals surface area (Å²) in [5.74, 6) is -0.147. The van der Waals surface area contributed by atoms with E-state index in [1.165, 1.54) is 0 Å². The molecule has 1 amide bonds. The number of aliphatic hydroxyl groups excluding tert-OH is 1. The van der Waals surface area contributed by atoms with Gasteiger partial charge in [-0.15, -0.1) is 5.10 Å². The van der Waals surface area contributed by atoms with Gasteiger partial charge >= 0.3 is 0 Å². The number of carbonyl (C=O) groups excluding carboxylic acids is 1. The molecule has 3 aromatic rings. The molecule has 0 bridgehead atoms. The molecule has 3 atom stereocenters. The Labute approximate surface area is 174 Å². The predicted molar refractivity (Wildman–Crippen MR) is 111 cm³/mol. The third-order valence-electron chi connectivity index (χ3n) is 5.29. The molecule has 8 heteroatoms. The van der Waals surface area contributed by atoms with E-state index in [0.717, 1.165) is 30.7 Å². The fourth-order valence-electron chi connectivity index (χ4n) is 3.67. The number of rotatable bonds is 7. The lowest BCUT2D eigenvalue weighted by Crippen LogP contribution is -2.51. The summed E-state index contributed by atoms with van der Waals surface area (Å²) in [4.78, 5) is 16.7. The number of aryl methyl sites for hydroxylation is 1. The van der Waals surface area contributed by atoms with Crippen LogP contribution in [-0.4, -0.2) is 55.8 Å². The highest BCUT2D eigenvalue weighted by atomic mass is 16.5. The number of amides is 1. The van der Waals surface area contributed by atoms with E-state index >= 15 is 0 Å². The van der Waals surface area contributed by atoms with Crippen molar-refractivity contribution in [3.8, 4) is 11.4 Å². The van der Waals surface area contributed by atoms with Crippen LogP contribution in [0.15, 0.2) is 60.9 Å². The van der Waals surface area contributed by atoms with Gasteiger partial charge in [-0.05, 0) is 43.5 Å². The zero-order chi connectivity index (χ0) is 20.8. The third kappa shape index (κ3) is 4.90. The zero-order valence-corrected chi connectivity index (χ0v) is 16.6. The van der Waals surface area contributed by atoms with Crippen LogP contribution in [0, 0.1) is 0 Å². The van der Waals surface area contributed by atoms with Crippen LogP contribution in [-0.2, 0) is 11.3 Å². The van der Waals surface area contributed by atoms with Gasteiger partial charge in [0.2, 0.25) is 0 Å². The molecule has 1 fully saturated rings. The lowest BCUT2D eigenvalue weighted by atomic mass is 9.96. The Hall–Kier alpha value is -3.10. The monoisotopic (exact) mass is 407 g/mol. The van der Waals surface area contributed by atoms with E-state index in [9.17, 15) is 9.90 Å². The summed E-state index contributed by atoms with van der Waals surface area (Å²) in [7, 11) is 0. The van der Waals surface area contributed by atoms with Crippen molar-refractivity contribution in [3.63, 3.8) is 0 Å². The Morgan fingerprint density at radius 3 is 2.73 bits per heavy atom. The van der Waals surface area contributed by atoms with Gasteiger partial charge < -0.3 is 15.2 Å². The molecule has 0 spiro atoms. The number of hydrogen-bond acceptors (Lipinski definition) is 6. The number of ether oxygens (including phenoxy) is 1. The summed E-state index contributed by atoms with van der Waals surface area (Å²) in [6.07, 6.45) is 5.49. The van der Waals surface area contributed by atoms with Gasteiger partial charge in [-0.3, -0.25) is 14.5 Å². The average molecular weight is 407 g/mol. The number of nitrogens with one attached hydrogen (secondary N) is 1. The lowest BCUT2D eigenvalue weighted by molar-refractivity contribution is -0.0912. The third-order valence-corrected chi connectivity index (χ3v) is 5.29. The van der Waals surface area contributed by atoms with E-state index in [4.69, 9.17) is 4.74 Å². The summed E-state index contributed by atoms with van der Waals surface area (Å²) in [6.45, 7) is 0.521. The molecule has 2 N–H and O–H groups in total. The van der Waals surface area contributed by atoms with Gasteiger partial charge in [-0.25, -0.2) is 0 Å². The molecular weight excluding hydrogens is 382 g/mol. The minimum absolute atomic E-state index is 0.00507. The molecule has 8 nitrogen and oxygen atoms in total. The van der Waals surface area contributed by atoms with Crippen LogP contribution < -0.4 is 5.32 Å². The molecule has 0 saturated carbocycles. The normalized spacial score (nSPS) is 21.3. The van der Waals surface area contributed by atoms with Crippen molar-refractivity contribution in [2.24, 2.45) is 0 Å². The number of nitrogens with zero attached hydrogens (tertiary/aromatic N) is 4. The highest BCUT2D eigenvalue weighted by molar-refractivity contribution is 5.94. The molecule has 0 radical (unpaired) electrons. The molecule has 1 aliphatic heterocycles. The molecule has 156 valence electrons. The highest BCUT2D eigenvalue weighted by Crippen LogP contribution is 2.23. The summed E-state index contributed by atoms with van der Waals surface area (Å²) >= 11 is 0.